The van der Waals surface area contributed by atoms with E-state index in [2.05, 4.69) is 0 Å². The van der Waals surface area contributed by atoms with E-state index in [-0.39, 0.29) is 22.6 Å². The minimum absolute atomic E-state index is 0.0941. The van der Waals surface area contributed by atoms with Gasteiger partial charge in [-0.3, -0.25) is 4.79 Å². The number of halogens is 7. The summed E-state index contributed by atoms with van der Waals surface area (Å²) < 4.78 is 99.8. The Morgan fingerprint density at radius 3 is 2.00 bits per heavy atom. The molecule has 0 atom stereocenters. The van der Waals surface area contributed by atoms with Crippen molar-refractivity contribution >= 4 is 24.0 Å². The van der Waals surface area contributed by atoms with Crippen LogP contribution in [0.1, 0.15) is 39.9 Å². The number of carboxylic acid groups (broad SMARTS) is 1. The molecule has 3 aromatic rings. The number of carboxylic acids is 1. The highest BCUT2D eigenvalue weighted by molar-refractivity contribution is 5.91. The number of alkyl halides is 7. The van der Waals surface area contributed by atoms with Crippen molar-refractivity contribution in [3.63, 3.8) is 0 Å². The number of esters is 2. The lowest BCUT2D eigenvalue weighted by Crippen LogP contribution is -2.52. The number of nitrogens with two attached hydrogens (primary N) is 2. The monoisotopic (exact) mass is 628 g/mol. The Balaban J connectivity index is 1.76. The quantitative estimate of drug-likeness (QED) is 0.0815. The highest BCUT2D eigenvalue weighted by atomic mass is 19.4. The van der Waals surface area contributed by atoms with Gasteiger partial charge in [-0.1, -0.05) is 36.4 Å². The Bertz CT molecular complexity index is 1540. The van der Waals surface area contributed by atoms with E-state index in [0.717, 1.165) is 30.3 Å². The van der Waals surface area contributed by atoms with Crippen LogP contribution in [0.4, 0.5) is 30.7 Å². The largest absolute Gasteiger partial charge is 0.478 e. The van der Waals surface area contributed by atoms with Crippen LogP contribution in [-0.2, 0) is 15.3 Å². The molecule has 0 aliphatic heterocycles. The number of aliphatic carboxylic acids is 1. The predicted molar refractivity (Wildman–Crippen MR) is 141 cm³/mol. The summed E-state index contributed by atoms with van der Waals surface area (Å²) in [6.45, 7) is 0. The smallest absolute Gasteiger partial charge is 0.459 e. The van der Waals surface area contributed by atoms with E-state index in [4.69, 9.17) is 26.0 Å². The van der Waals surface area contributed by atoms with Gasteiger partial charge in [-0.25, -0.2) is 9.59 Å². The summed E-state index contributed by atoms with van der Waals surface area (Å²) in [5, 5.41) is 8.94. The van der Waals surface area contributed by atoms with E-state index in [9.17, 15) is 45.1 Å². The van der Waals surface area contributed by atoms with Crippen LogP contribution in [0.2, 0.25) is 0 Å². The summed E-state index contributed by atoms with van der Waals surface area (Å²) in [4.78, 5) is 35.7. The van der Waals surface area contributed by atoms with E-state index >= 15 is 0 Å². The van der Waals surface area contributed by atoms with Crippen LogP contribution in [0.15, 0.2) is 78.9 Å². The summed E-state index contributed by atoms with van der Waals surface area (Å²) in [6, 6.07) is 16.7. The molecule has 0 fully saturated rings. The first kappa shape index (κ1) is 33.7. The van der Waals surface area contributed by atoms with Crippen molar-refractivity contribution in [1.82, 2.24) is 0 Å². The molecule has 44 heavy (non-hydrogen) atoms. The molecule has 0 aliphatic rings. The van der Waals surface area contributed by atoms with Crippen LogP contribution < -0.4 is 20.9 Å². The molecule has 3 rings (SSSR count). The summed E-state index contributed by atoms with van der Waals surface area (Å²) in [5.41, 5.74) is 11.9. The van der Waals surface area contributed by atoms with Crippen molar-refractivity contribution in [2.24, 2.45) is 11.5 Å². The van der Waals surface area contributed by atoms with E-state index in [1.807, 2.05) is 0 Å². The molecule has 8 nitrogen and oxygen atoms in total. The van der Waals surface area contributed by atoms with Gasteiger partial charge < -0.3 is 26.0 Å². The zero-order valence-corrected chi connectivity index (χ0v) is 22.3. The zero-order chi connectivity index (χ0) is 32.9. The lowest BCUT2D eigenvalue weighted by atomic mass is 9.91. The van der Waals surface area contributed by atoms with Crippen LogP contribution in [0, 0.1) is 0 Å². The number of hydrogen-bond acceptors (Lipinski definition) is 7. The molecule has 0 aliphatic carbocycles. The van der Waals surface area contributed by atoms with E-state index in [1.54, 1.807) is 30.3 Å². The van der Waals surface area contributed by atoms with Gasteiger partial charge >= 0.3 is 35.9 Å². The molecule has 0 spiro atoms. The highest BCUT2D eigenvalue weighted by Crippen LogP contribution is 2.48. The van der Waals surface area contributed by atoms with Gasteiger partial charge in [0.2, 0.25) is 0 Å². The summed E-state index contributed by atoms with van der Waals surface area (Å²) in [5.74, 6) is -16.0. The van der Waals surface area contributed by atoms with Gasteiger partial charge in [-0.15, -0.1) is 0 Å². The topological polar surface area (TPSA) is 142 Å². The fraction of sp³-hybridized carbons (Fsp3) is 0.207. The van der Waals surface area contributed by atoms with Crippen LogP contribution in [-0.4, -0.2) is 41.0 Å². The third kappa shape index (κ3) is 7.79. The Kier molecular flexibility index (Phi) is 9.85. The molecule has 0 heterocycles. The number of carbonyl (C=O) groups excluding carboxylic acids is 2. The van der Waals surface area contributed by atoms with Gasteiger partial charge in [0.15, 0.2) is 0 Å². The van der Waals surface area contributed by atoms with Crippen LogP contribution in [0.3, 0.4) is 0 Å². The van der Waals surface area contributed by atoms with Crippen LogP contribution in [0.5, 0.6) is 11.5 Å². The minimum atomic E-state index is -6.53. The summed E-state index contributed by atoms with van der Waals surface area (Å²) in [6.07, 6.45) is -7.99. The maximum atomic E-state index is 13.4. The molecule has 234 valence electrons. The van der Waals surface area contributed by atoms with Crippen molar-refractivity contribution in [2.45, 2.75) is 36.5 Å². The zero-order valence-electron chi connectivity index (χ0n) is 22.3. The standard InChI is InChI=1S/C29H23F7N2O6/c30-26(31,28(32,33)29(34,35)36)15-14-24(41)43-20-10-8-18(9-11-20)25(42)44-22-12-6-17(7-13-23(39)40)16-21(22)27(37,38)19-4-2-1-3-5-19/h1-13,16H,14-15,37-38H2,(H,39,40)/b13-7+. The number of ether oxygens (including phenoxy) is 2. The lowest BCUT2D eigenvalue weighted by molar-refractivity contribution is -0.355. The van der Waals surface area contributed by atoms with Crippen LogP contribution in [0.25, 0.3) is 6.08 Å². The van der Waals surface area contributed by atoms with Crippen molar-refractivity contribution in [1.29, 1.82) is 0 Å². The number of benzene rings is 3. The molecule has 0 unspecified atom stereocenters. The molecule has 0 radical (unpaired) electrons. The molecule has 0 amide bonds. The van der Waals surface area contributed by atoms with Crippen molar-refractivity contribution in [2.75, 3.05) is 0 Å². The van der Waals surface area contributed by atoms with Crippen molar-refractivity contribution < 1.29 is 59.7 Å². The van der Waals surface area contributed by atoms with E-state index in [1.165, 1.54) is 24.3 Å². The molecule has 0 aromatic heterocycles. The maximum Gasteiger partial charge on any atom is 0.459 e. The second-order valence-corrected chi connectivity index (χ2v) is 9.33. The number of rotatable bonds is 11. The van der Waals surface area contributed by atoms with E-state index in [0.29, 0.717) is 11.1 Å². The second-order valence-electron chi connectivity index (χ2n) is 9.33. The van der Waals surface area contributed by atoms with Gasteiger partial charge in [-0.05, 0) is 53.6 Å². The Hall–Kier alpha value is -4.76. The molecule has 5 N–H and O–H groups in total. The lowest BCUT2D eigenvalue weighted by Gasteiger charge is -2.28. The third-order valence-electron chi connectivity index (χ3n) is 6.10. The van der Waals surface area contributed by atoms with Crippen molar-refractivity contribution in [3.05, 3.63) is 101 Å². The highest BCUT2D eigenvalue weighted by Gasteiger charge is 2.72. The second kappa shape index (κ2) is 12.9. The fourth-order valence-corrected chi connectivity index (χ4v) is 3.72. The average Bonchev–Trinajstić information content (AvgIpc) is 2.95. The van der Waals surface area contributed by atoms with Gasteiger partial charge in [0.25, 0.3) is 0 Å². The van der Waals surface area contributed by atoms with Gasteiger partial charge in [0.05, 0.1) is 12.0 Å². The van der Waals surface area contributed by atoms with Gasteiger partial charge in [0.1, 0.15) is 17.2 Å². The first-order valence-electron chi connectivity index (χ1n) is 12.4. The fourth-order valence-electron chi connectivity index (χ4n) is 3.72. The summed E-state index contributed by atoms with van der Waals surface area (Å²) in [7, 11) is 0. The molecular formula is C29H23F7N2O6. The average molecular weight is 628 g/mol. The normalized spacial score (nSPS) is 12.7. The molecule has 0 saturated carbocycles. The molecule has 15 heteroatoms. The Morgan fingerprint density at radius 1 is 0.818 bits per heavy atom. The minimum Gasteiger partial charge on any atom is -0.478 e. The van der Waals surface area contributed by atoms with Crippen LogP contribution >= 0.6 is 0 Å². The van der Waals surface area contributed by atoms with Gasteiger partial charge in [-0.2, -0.15) is 30.7 Å². The van der Waals surface area contributed by atoms with E-state index < -0.39 is 54.4 Å². The first-order valence-corrected chi connectivity index (χ1v) is 12.4. The molecule has 0 bridgehead atoms. The van der Waals surface area contributed by atoms with Crippen molar-refractivity contribution in [3.8, 4) is 11.5 Å². The Morgan fingerprint density at radius 2 is 1.43 bits per heavy atom. The first-order chi connectivity index (χ1) is 20.3. The molecule has 0 saturated heterocycles. The molecule has 3 aromatic carbocycles. The Labute approximate surface area is 244 Å². The predicted octanol–water partition coefficient (Wildman–Crippen LogP) is 5.64. The number of carbonyl (C=O) groups is 3. The van der Waals surface area contributed by atoms with Gasteiger partial charge in [0, 0.05) is 18.1 Å². The maximum absolute atomic E-state index is 13.4. The molecular weight excluding hydrogens is 605 g/mol. The number of hydrogen-bond donors (Lipinski definition) is 3. The SMILES string of the molecule is NC(N)(c1ccccc1)c1cc(/C=C/C(=O)O)ccc1OC(=O)c1ccc(OC(=O)CCC(F)(F)C(F)(F)C(F)(F)F)cc1. The third-order valence-corrected chi connectivity index (χ3v) is 6.10. The summed E-state index contributed by atoms with van der Waals surface area (Å²) >= 11 is 0.